The summed E-state index contributed by atoms with van der Waals surface area (Å²) >= 11 is 1.61. The minimum absolute atomic E-state index is 0.161. The molecule has 0 aliphatic carbocycles. The van der Waals surface area contributed by atoms with E-state index in [0.29, 0.717) is 17.9 Å². The summed E-state index contributed by atoms with van der Waals surface area (Å²) in [6, 6.07) is 2.01. The Morgan fingerprint density at radius 2 is 2.33 bits per heavy atom. The largest absolute Gasteiger partial charge is 0.478 e. The molecule has 0 atom stereocenters. The molecule has 21 heavy (non-hydrogen) atoms. The number of aromatic nitrogens is 3. The van der Waals surface area contributed by atoms with Crippen molar-refractivity contribution in [3.63, 3.8) is 0 Å². The number of hydrogen-bond donors (Lipinski definition) is 2. The van der Waals surface area contributed by atoms with E-state index in [1.165, 1.54) is 6.20 Å². The van der Waals surface area contributed by atoms with Crippen molar-refractivity contribution in [3.8, 4) is 0 Å². The van der Waals surface area contributed by atoms with Gasteiger partial charge in [-0.25, -0.2) is 9.78 Å². The number of aryl methyl sites for hydroxylation is 2. The second-order valence-electron chi connectivity index (χ2n) is 4.74. The minimum atomic E-state index is -1.000. The predicted molar refractivity (Wildman–Crippen MR) is 81.9 cm³/mol. The fourth-order valence-corrected chi connectivity index (χ4v) is 3.01. The molecule has 3 rings (SSSR count). The normalized spacial score (nSPS) is 11.0. The molecule has 0 bridgehead atoms. The second-order valence-corrected chi connectivity index (χ2v) is 5.52. The first kappa shape index (κ1) is 13.6. The van der Waals surface area contributed by atoms with Gasteiger partial charge < -0.3 is 10.4 Å². The summed E-state index contributed by atoms with van der Waals surface area (Å²) in [5, 5.41) is 21.7. The Morgan fingerprint density at radius 3 is 3.00 bits per heavy atom. The molecular weight excluding hydrogens is 288 g/mol. The maximum atomic E-state index is 11.4. The minimum Gasteiger partial charge on any atom is -0.478 e. The van der Waals surface area contributed by atoms with Gasteiger partial charge in [0.25, 0.3) is 0 Å². The van der Waals surface area contributed by atoms with Gasteiger partial charge in [-0.1, -0.05) is 0 Å². The second kappa shape index (κ2) is 5.17. The highest BCUT2D eigenvalue weighted by Crippen LogP contribution is 2.29. The van der Waals surface area contributed by atoms with Gasteiger partial charge >= 0.3 is 5.97 Å². The number of nitrogens with one attached hydrogen (secondary N) is 1. The molecule has 0 radical (unpaired) electrons. The lowest BCUT2D eigenvalue weighted by molar-refractivity contribution is 0.0697. The van der Waals surface area contributed by atoms with E-state index in [1.54, 1.807) is 23.1 Å². The van der Waals surface area contributed by atoms with Crippen LogP contribution in [0.1, 0.15) is 21.6 Å². The summed E-state index contributed by atoms with van der Waals surface area (Å²) in [6.07, 6.45) is 1.38. The van der Waals surface area contributed by atoms with E-state index < -0.39 is 5.97 Å². The fraction of sp³-hybridized carbons (Fsp3) is 0.214. The lowest BCUT2D eigenvalue weighted by Crippen LogP contribution is -2.08. The van der Waals surface area contributed by atoms with Crippen molar-refractivity contribution in [2.45, 2.75) is 13.5 Å². The number of thiophene rings is 1. The Labute approximate surface area is 125 Å². The summed E-state index contributed by atoms with van der Waals surface area (Å²) in [6.45, 7) is 2.42. The molecule has 2 N–H and O–H groups in total. The number of hydrogen-bond acceptors (Lipinski definition) is 5. The monoisotopic (exact) mass is 302 g/mol. The molecule has 0 aromatic carbocycles. The Balaban J connectivity index is 2.12. The predicted octanol–water partition coefficient (Wildman–Crippen LogP) is 2.65. The lowest BCUT2D eigenvalue weighted by Gasteiger charge is -2.10. The van der Waals surface area contributed by atoms with E-state index >= 15 is 0 Å². The molecule has 7 heteroatoms. The van der Waals surface area contributed by atoms with Gasteiger partial charge in [0, 0.05) is 19.8 Å². The molecule has 6 nitrogen and oxygen atoms in total. The van der Waals surface area contributed by atoms with Gasteiger partial charge in [-0.05, 0) is 29.3 Å². The van der Waals surface area contributed by atoms with E-state index in [4.69, 9.17) is 0 Å². The van der Waals surface area contributed by atoms with Crippen molar-refractivity contribution in [1.29, 1.82) is 0 Å². The average molecular weight is 302 g/mol. The quantitative estimate of drug-likeness (QED) is 0.774. The number of carboxylic acid groups (broad SMARTS) is 1. The SMILES string of the molecule is Cc1nn(C)c2ncc(C(=O)O)c(NCc3ccsc3)c12. The Morgan fingerprint density at radius 1 is 1.52 bits per heavy atom. The molecule has 0 saturated carbocycles. The van der Waals surface area contributed by atoms with Crippen molar-refractivity contribution >= 4 is 34.0 Å². The van der Waals surface area contributed by atoms with Crippen LogP contribution in [-0.4, -0.2) is 25.8 Å². The van der Waals surface area contributed by atoms with Crippen LogP contribution in [0.25, 0.3) is 11.0 Å². The summed E-state index contributed by atoms with van der Waals surface area (Å²) in [5.41, 5.74) is 3.28. The van der Waals surface area contributed by atoms with Crippen LogP contribution < -0.4 is 5.32 Å². The number of pyridine rings is 1. The molecular formula is C14H14N4O2S. The molecule has 0 aliphatic rings. The fourth-order valence-electron chi connectivity index (χ4n) is 2.34. The number of nitrogens with zero attached hydrogens (tertiary/aromatic N) is 3. The average Bonchev–Trinajstić information content (AvgIpc) is 3.05. The summed E-state index contributed by atoms with van der Waals surface area (Å²) in [7, 11) is 1.80. The van der Waals surface area contributed by atoms with Crippen LogP contribution in [0.3, 0.4) is 0 Å². The maximum absolute atomic E-state index is 11.4. The number of aromatic carboxylic acids is 1. The van der Waals surface area contributed by atoms with Crippen molar-refractivity contribution in [3.05, 3.63) is 39.8 Å². The van der Waals surface area contributed by atoms with E-state index in [9.17, 15) is 9.90 Å². The molecule has 0 aliphatic heterocycles. The van der Waals surface area contributed by atoms with Gasteiger partial charge in [0.05, 0.1) is 16.8 Å². The van der Waals surface area contributed by atoms with Crippen LogP contribution in [-0.2, 0) is 13.6 Å². The first-order chi connectivity index (χ1) is 10.1. The van der Waals surface area contributed by atoms with Crippen LogP contribution in [0.2, 0.25) is 0 Å². The number of rotatable bonds is 4. The summed E-state index contributed by atoms with van der Waals surface area (Å²) < 4.78 is 1.66. The molecule has 3 heterocycles. The number of carbonyl (C=O) groups is 1. The lowest BCUT2D eigenvalue weighted by atomic mass is 10.1. The van der Waals surface area contributed by atoms with E-state index in [0.717, 1.165) is 16.6 Å². The first-order valence-corrected chi connectivity index (χ1v) is 7.32. The Hall–Kier alpha value is -2.41. The third-order valence-corrected chi connectivity index (χ3v) is 4.04. The summed E-state index contributed by atoms with van der Waals surface area (Å²) in [5.74, 6) is -1.000. The van der Waals surface area contributed by atoms with Gasteiger partial charge in [-0.15, -0.1) is 0 Å². The topological polar surface area (TPSA) is 80.0 Å². The third kappa shape index (κ3) is 2.36. The Bertz CT molecular complexity index is 808. The van der Waals surface area contributed by atoms with Crippen LogP contribution in [0.5, 0.6) is 0 Å². The molecule has 3 aromatic rings. The number of carboxylic acids is 1. The van der Waals surface area contributed by atoms with Crippen LogP contribution in [0.4, 0.5) is 5.69 Å². The molecule has 0 amide bonds. The van der Waals surface area contributed by atoms with E-state index in [1.807, 2.05) is 23.8 Å². The third-order valence-electron chi connectivity index (χ3n) is 3.31. The summed E-state index contributed by atoms with van der Waals surface area (Å²) in [4.78, 5) is 15.6. The van der Waals surface area contributed by atoms with Gasteiger partial charge in [-0.3, -0.25) is 4.68 Å². The maximum Gasteiger partial charge on any atom is 0.339 e. The molecule has 0 spiro atoms. The van der Waals surface area contributed by atoms with Crippen LogP contribution in [0, 0.1) is 6.92 Å². The number of anilines is 1. The molecule has 108 valence electrons. The zero-order chi connectivity index (χ0) is 15.0. The van der Waals surface area contributed by atoms with Crippen molar-refractivity contribution in [2.75, 3.05) is 5.32 Å². The van der Waals surface area contributed by atoms with Crippen LogP contribution >= 0.6 is 11.3 Å². The molecule has 0 fully saturated rings. The van der Waals surface area contributed by atoms with Crippen molar-refractivity contribution in [1.82, 2.24) is 14.8 Å². The van der Waals surface area contributed by atoms with Gasteiger partial charge in [0.1, 0.15) is 5.56 Å². The standard InChI is InChI=1S/C14H14N4O2S/c1-8-11-12(15-5-9-3-4-21-7-9)10(14(19)20)6-16-13(11)18(2)17-8/h3-4,6-7H,5H2,1-2H3,(H,15,16)(H,19,20). The van der Waals surface area contributed by atoms with Crippen molar-refractivity contribution < 1.29 is 9.90 Å². The number of fused-ring (bicyclic) bond motifs is 1. The Kier molecular flexibility index (Phi) is 3.34. The van der Waals surface area contributed by atoms with Gasteiger partial charge in [0.15, 0.2) is 5.65 Å². The molecule has 0 unspecified atom stereocenters. The van der Waals surface area contributed by atoms with Crippen LogP contribution in [0.15, 0.2) is 23.0 Å². The highest BCUT2D eigenvalue weighted by molar-refractivity contribution is 7.07. The van der Waals surface area contributed by atoms with Crippen molar-refractivity contribution in [2.24, 2.45) is 7.05 Å². The smallest absolute Gasteiger partial charge is 0.339 e. The van der Waals surface area contributed by atoms with Gasteiger partial charge in [-0.2, -0.15) is 16.4 Å². The van der Waals surface area contributed by atoms with E-state index in [-0.39, 0.29) is 5.56 Å². The first-order valence-electron chi connectivity index (χ1n) is 6.38. The van der Waals surface area contributed by atoms with E-state index in [2.05, 4.69) is 15.4 Å². The molecule has 0 saturated heterocycles. The highest BCUT2D eigenvalue weighted by atomic mass is 32.1. The van der Waals surface area contributed by atoms with Gasteiger partial charge in [0.2, 0.25) is 0 Å². The highest BCUT2D eigenvalue weighted by Gasteiger charge is 2.19. The zero-order valence-corrected chi connectivity index (χ0v) is 12.4. The molecule has 3 aromatic heterocycles. The zero-order valence-electron chi connectivity index (χ0n) is 11.6.